The SMILES string of the molecule is COc1cccc(C23CCC(CC2)CN3)n1. The fourth-order valence-electron chi connectivity index (χ4n) is 3.03. The molecule has 0 aromatic carbocycles. The van der Waals surface area contributed by atoms with Gasteiger partial charge >= 0.3 is 0 Å². The van der Waals surface area contributed by atoms with E-state index < -0.39 is 0 Å². The highest BCUT2D eigenvalue weighted by Gasteiger charge is 2.42. The van der Waals surface area contributed by atoms with Gasteiger partial charge in [-0.1, -0.05) is 6.07 Å². The monoisotopic (exact) mass is 218 g/mol. The fraction of sp³-hybridized carbons (Fsp3) is 0.615. The van der Waals surface area contributed by atoms with Crippen LogP contribution in [0.5, 0.6) is 5.88 Å². The van der Waals surface area contributed by atoms with E-state index in [9.17, 15) is 0 Å². The van der Waals surface area contributed by atoms with E-state index in [0.29, 0.717) is 0 Å². The van der Waals surface area contributed by atoms with E-state index in [1.807, 2.05) is 12.1 Å². The van der Waals surface area contributed by atoms with Gasteiger partial charge in [-0.25, -0.2) is 4.98 Å². The molecule has 2 saturated heterocycles. The zero-order chi connectivity index (χ0) is 11.0. The summed E-state index contributed by atoms with van der Waals surface area (Å²) in [5.41, 5.74) is 1.29. The molecule has 2 bridgehead atoms. The molecule has 0 atom stereocenters. The number of methoxy groups -OCH3 is 1. The summed E-state index contributed by atoms with van der Waals surface area (Å²) in [4.78, 5) is 4.60. The Hall–Kier alpha value is -1.09. The van der Waals surface area contributed by atoms with Crippen LogP contribution in [0.1, 0.15) is 31.4 Å². The van der Waals surface area contributed by atoms with E-state index in [4.69, 9.17) is 4.74 Å². The first-order valence-corrected chi connectivity index (χ1v) is 6.09. The third-order valence-electron chi connectivity index (χ3n) is 4.11. The molecule has 2 aliphatic heterocycles. The topological polar surface area (TPSA) is 34.1 Å². The maximum Gasteiger partial charge on any atom is 0.213 e. The molecule has 1 N–H and O–H groups in total. The van der Waals surface area contributed by atoms with Gasteiger partial charge in [0.1, 0.15) is 0 Å². The molecule has 0 unspecified atom stereocenters. The summed E-state index contributed by atoms with van der Waals surface area (Å²) in [5, 5.41) is 3.68. The molecule has 1 aliphatic carbocycles. The molecule has 3 heterocycles. The Balaban J connectivity index is 1.94. The number of rotatable bonds is 2. The molecule has 1 aromatic rings. The molecule has 16 heavy (non-hydrogen) atoms. The summed E-state index contributed by atoms with van der Waals surface area (Å²) < 4.78 is 5.21. The van der Waals surface area contributed by atoms with Gasteiger partial charge in [0.2, 0.25) is 5.88 Å². The third-order valence-corrected chi connectivity index (χ3v) is 4.11. The molecule has 3 nitrogen and oxygen atoms in total. The van der Waals surface area contributed by atoms with Gasteiger partial charge in [-0.2, -0.15) is 0 Å². The Morgan fingerprint density at radius 3 is 2.81 bits per heavy atom. The molecule has 0 amide bonds. The zero-order valence-electron chi connectivity index (χ0n) is 9.70. The lowest BCUT2D eigenvalue weighted by Gasteiger charge is -2.47. The lowest BCUT2D eigenvalue weighted by Crippen LogP contribution is -2.53. The minimum atomic E-state index is 0.128. The van der Waals surface area contributed by atoms with Crippen molar-refractivity contribution in [2.24, 2.45) is 5.92 Å². The van der Waals surface area contributed by atoms with Crippen LogP contribution in [-0.4, -0.2) is 18.6 Å². The van der Waals surface area contributed by atoms with Crippen LogP contribution in [0.3, 0.4) is 0 Å². The van der Waals surface area contributed by atoms with E-state index in [1.54, 1.807) is 7.11 Å². The number of ether oxygens (including phenoxy) is 1. The van der Waals surface area contributed by atoms with Gasteiger partial charge < -0.3 is 10.1 Å². The minimum Gasteiger partial charge on any atom is -0.481 e. The van der Waals surface area contributed by atoms with E-state index in [-0.39, 0.29) is 5.54 Å². The lowest BCUT2D eigenvalue weighted by molar-refractivity contribution is 0.113. The van der Waals surface area contributed by atoms with E-state index >= 15 is 0 Å². The molecule has 0 radical (unpaired) electrons. The Kier molecular flexibility index (Phi) is 2.36. The third kappa shape index (κ3) is 1.50. The first kappa shape index (κ1) is 10.1. The van der Waals surface area contributed by atoms with Crippen LogP contribution in [0.15, 0.2) is 18.2 Å². The average Bonchev–Trinajstić information content (AvgIpc) is 2.41. The van der Waals surface area contributed by atoms with Crippen molar-refractivity contribution in [2.45, 2.75) is 31.2 Å². The number of aromatic nitrogens is 1. The molecule has 3 fully saturated rings. The second-order valence-electron chi connectivity index (χ2n) is 4.97. The number of piperidine rings is 2. The van der Waals surface area contributed by atoms with Crippen molar-refractivity contribution in [1.29, 1.82) is 0 Å². The molecule has 3 heteroatoms. The zero-order valence-corrected chi connectivity index (χ0v) is 9.70. The molecule has 86 valence electrons. The van der Waals surface area contributed by atoms with Gasteiger partial charge in [0.05, 0.1) is 18.3 Å². The quantitative estimate of drug-likeness (QED) is 0.825. The number of fused-ring (bicyclic) bond motifs is 3. The summed E-state index contributed by atoms with van der Waals surface area (Å²) in [7, 11) is 1.68. The molecule has 1 saturated carbocycles. The van der Waals surface area contributed by atoms with Crippen molar-refractivity contribution in [1.82, 2.24) is 10.3 Å². The predicted molar refractivity (Wildman–Crippen MR) is 62.4 cm³/mol. The largest absolute Gasteiger partial charge is 0.481 e. The number of nitrogens with zero attached hydrogens (tertiary/aromatic N) is 1. The number of hydrogen-bond donors (Lipinski definition) is 1. The van der Waals surface area contributed by atoms with Crippen molar-refractivity contribution in [3.63, 3.8) is 0 Å². The first-order valence-electron chi connectivity index (χ1n) is 6.09. The highest BCUT2D eigenvalue weighted by molar-refractivity contribution is 5.24. The molecule has 1 aromatic heterocycles. The number of hydrogen-bond acceptors (Lipinski definition) is 3. The summed E-state index contributed by atoms with van der Waals surface area (Å²) in [5.74, 6) is 1.62. The second kappa shape index (κ2) is 3.74. The minimum absolute atomic E-state index is 0.128. The predicted octanol–water partition coefficient (Wildman–Crippen LogP) is 2.08. The smallest absolute Gasteiger partial charge is 0.213 e. The van der Waals surface area contributed by atoms with E-state index in [1.165, 1.54) is 25.7 Å². The number of pyridine rings is 1. The van der Waals surface area contributed by atoms with Gasteiger partial charge in [-0.15, -0.1) is 0 Å². The molecular weight excluding hydrogens is 200 g/mol. The van der Waals surface area contributed by atoms with Crippen molar-refractivity contribution in [3.05, 3.63) is 23.9 Å². The second-order valence-corrected chi connectivity index (χ2v) is 4.97. The molecule has 4 rings (SSSR count). The van der Waals surface area contributed by atoms with Gasteiger partial charge in [-0.05, 0) is 44.2 Å². The first-order chi connectivity index (χ1) is 7.82. The highest BCUT2D eigenvalue weighted by Crippen LogP contribution is 2.43. The highest BCUT2D eigenvalue weighted by atomic mass is 16.5. The van der Waals surface area contributed by atoms with Crippen LogP contribution >= 0.6 is 0 Å². The van der Waals surface area contributed by atoms with Crippen molar-refractivity contribution >= 4 is 0 Å². The van der Waals surface area contributed by atoms with Crippen molar-refractivity contribution < 1.29 is 4.74 Å². The van der Waals surface area contributed by atoms with Gasteiger partial charge in [0, 0.05) is 6.07 Å². The Morgan fingerprint density at radius 2 is 2.19 bits per heavy atom. The Morgan fingerprint density at radius 1 is 1.38 bits per heavy atom. The van der Waals surface area contributed by atoms with Crippen LogP contribution < -0.4 is 10.1 Å². The maximum atomic E-state index is 5.21. The van der Waals surface area contributed by atoms with E-state index in [0.717, 1.165) is 24.0 Å². The van der Waals surface area contributed by atoms with Gasteiger partial charge in [-0.3, -0.25) is 0 Å². The van der Waals surface area contributed by atoms with Crippen LogP contribution in [0.25, 0.3) is 0 Å². The van der Waals surface area contributed by atoms with Crippen molar-refractivity contribution in [2.75, 3.05) is 13.7 Å². The Bertz CT molecular complexity index is 369. The normalized spacial score (nSPS) is 32.7. The fourth-order valence-corrected chi connectivity index (χ4v) is 3.03. The summed E-state index contributed by atoms with van der Waals surface area (Å²) >= 11 is 0. The van der Waals surface area contributed by atoms with Crippen LogP contribution in [0.2, 0.25) is 0 Å². The van der Waals surface area contributed by atoms with Crippen LogP contribution in [0, 0.1) is 5.92 Å². The molecule has 3 aliphatic rings. The van der Waals surface area contributed by atoms with Crippen LogP contribution in [-0.2, 0) is 5.54 Å². The van der Waals surface area contributed by atoms with E-state index in [2.05, 4.69) is 16.4 Å². The van der Waals surface area contributed by atoms with Gasteiger partial charge in [0.25, 0.3) is 0 Å². The molecular formula is C13H18N2O. The Labute approximate surface area is 96.2 Å². The average molecular weight is 218 g/mol. The van der Waals surface area contributed by atoms with Crippen LogP contribution in [0.4, 0.5) is 0 Å². The summed E-state index contributed by atoms with van der Waals surface area (Å²) in [6.45, 7) is 1.15. The summed E-state index contributed by atoms with van der Waals surface area (Å²) in [6.07, 6.45) is 5.12. The standard InChI is InChI=1S/C13H18N2O/c1-16-12-4-2-3-11(15-12)13-7-5-10(6-8-13)9-14-13/h2-4,10,14H,5-9H2,1H3. The lowest BCUT2D eigenvalue weighted by atomic mass is 9.70. The van der Waals surface area contributed by atoms with Crippen molar-refractivity contribution in [3.8, 4) is 5.88 Å². The number of nitrogens with one attached hydrogen (secondary N) is 1. The van der Waals surface area contributed by atoms with Gasteiger partial charge in [0.15, 0.2) is 0 Å². The molecule has 0 spiro atoms. The maximum absolute atomic E-state index is 5.21. The summed E-state index contributed by atoms with van der Waals surface area (Å²) in [6, 6.07) is 6.08.